The van der Waals surface area contributed by atoms with Crippen molar-refractivity contribution in [2.24, 2.45) is 0 Å². The number of carbonyl (C=O) groups excluding carboxylic acids is 1. The molecule has 0 radical (unpaired) electrons. The Morgan fingerprint density at radius 2 is 2.19 bits per heavy atom. The second-order valence-corrected chi connectivity index (χ2v) is 7.01. The van der Waals surface area contributed by atoms with Crippen LogP contribution in [0.2, 0.25) is 0 Å². The van der Waals surface area contributed by atoms with E-state index >= 15 is 0 Å². The van der Waals surface area contributed by atoms with Gasteiger partial charge in [-0.15, -0.1) is 0 Å². The number of rotatable bonds is 5. The minimum atomic E-state index is -0.191. The zero-order valence-electron chi connectivity index (χ0n) is 16.0. The smallest absolute Gasteiger partial charge is 0.323 e. The number of hydrogen-bond acceptors (Lipinski definition) is 7. The molecule has 0 aliphatic carbocycles. The first-order chi connectivity index (χ1) is 12.8. The third-order valence-electron chi connectivity index (χ3n) is 4.55. The number of anilines is 2. The third kappa shape index (κ3) is 4.64. The first-order valence-corrected chi connectivity index (χ1v) is 8.79. The van der Waals surface area contributed by atoms with Gasteiger partial charge < -0.3 is 14.3 Å². The van der Waals surface area contributed by atoms with E-state index in [2.05, 4.69) is 25.3 Å². The molecule has 27 heavy (non-hydrogen) atoms. The molecule has 146 valence electrons. The van der Waals surface area contributed by atoms with Crippen LogP contribution in [0, 0.1) is 6.92 Å². The average Bonchev–Trinajstić information content (AvgIpc) is 3.23. The van der Waals surface area contributed by atoms with E-state index in [1.54, 1.807) is 22.8 Å². The first-order valence-electron chi connectivity index (χ1n) is 8.79. The molecular weight excluding hydrogens is 350 g/mol. The van der Waals surface area contributed by atoms with Crippen LogP contribution >= 0.6 is 0 Å². The highest BCUT2D eigenvalue weighted by Crippen LogP contribution is 2.18. The second-order valence-electron chi connectivity index (χ2n) is 7.01. The van der Waals surface area contributed by atoms with Gasteiger partial charge in [-0.1, -0.05) is 5.16 Å². The predicted octanol–water partition coefficient (Wildman–Crippen LogP) is 0.871. The Balaban J connectivity index is 1.58. The van der Waals surface area contributed by atoms with Crippen LogP contribution in [0.3, 0.4) is 0 Å². The number of likely N-dealkylation sites (tertiary alicyclic amines) is 1. The molecule has 0 saturated carbocycles. The number of aromatic amines is 1. The van der Waals surface area contributed by atoms with Gasteiger partial charge >= 0.3 is 6.03 Å². The Hall–Kier alpha value is -2.88. The summed E-state index contributed by atoms with van der Waals surface area (Å²) in [7, 11) is 5.64. The molecule has 3 heterocycles. The van der Waals surface area contributed by atoms with Crippen LogP contribution < -0.4 is 15.8 Å². The Bertz CT molecular complexity index is 860. The number of nitrogens with one attached hydrogen (secondary N) is 2. The van der Waals surface area contributed by atoms with E-state index in [-0.39, 0.29) is 17.6 Å². The summed E-state index contributed by atoms with van der Waals surface area (Å²) < 4.78 is 4.96. The molecule has 1 atom stereocenters. The molecular formula is C17H25N7O3. The normalized spacial score (nSPS) is 16.8. The number of urea groups is 1. The number of amides is 2. The Labute approximate surface area is 157 Å². The number of hydrogen-bond donors (Lipinski definition) is 2. The van der Waals surface area contributed by atoms with Crippen LogP contribution in [0.25, 0.3) is 0 Å². The van der Waals surface area contributed by atoms with Gasteiger partial charge in [-0.05, 0) is 20.4 Å². The van der Waals surface area contributed by atoms with Gasteiger partial charge in [0.05, 0.1) is 5.69 Å². The van der Waals surface area contributed by atoms with E-state index in [0.717, 1.165) is 6.42 Å². The van der Waals surface area contributed by atoms with Gasteiger partial charge in [0.15, 0.2) is 5.82 Å². The van der Waals surface area contributed by atoms with E-state index in [9.17, 15) is 9.59 Å². The van der Waals surface area contributed by atoms with Crippen molar-refractivity contribution in [2.45, 2.75) is 25.9 Å². The van der Waals surface area contributed by atoms with E-state index in [1.165, 1.54) is 6.07 Å². The summed E-state index contributed by atoms with van der Waals surface area (Å²) in [6.07, 6.45) is 0.853. The van der Waals surface area contributed by atoms with Crippen LogP contribution in [0.5, 0.6) is 0 Å². The SMILES string of the molecule is Cc1cc(NC(=O)N2CCC(N(C)Cc3cc(=O)[nH]c(N(C)C)n3)C2)no1. The van der Waals surface area contributed by atoms with Crippen molar-refractivity contribution in [1.29, 1.82) is 0 Å². The minimum absolute atomic E-state index is 0.174. The largest absolute Gasteiger partial charge is 0.360 e. The molecule has 2 aromatic rings. The van der Waals surface area contributed by atoms with Crippen LogP contribution in [-0.4, -0.2) is 71.2 Å². The molecule has 2 aromatic heterocycles. The molecule has 1 fully saturated rings. The second kappa shape index (κ2) is 7.78. The van der Waals surface area contributed by atoms with Gasteiger partial charge in [0.2, 0.25) is 5.95 Å². The molecule has 3 rings (SSSR count). The standard InChI is InChI=1S/C17H25N7O3/c1-11-7-14(21-27-11)19-17(26)24-6-5-13(10-24)23(4)9-12-8-15(25)20-16(18-12)22(2)3/h7-8,13H,5-6,9-10H2,1-4H3,(H,18,20,25)(H,19,21,26). The van der Waals surface area contributed by atoms with Gasteiger partial charge in [-0.25, -0.2) is 9.78 Å². The van der Waals surface area contributed by atoms with Crippen molar-refractivity contribution >= 4 is 17.8 Å². The quantitative estimate of drug-likeness (QED) is 0.798. The molecule has 2 amide bonds. The number of aryl methyl sites for hydroxylation is 1. The predicted molar refractivity (Wildman–Crippen MR) is 101 cm³/mol. The number of aromatic nitrogens is 3. The monoisotopic (exact) mass is 375 g/mol. The molecule has 0 bridgehead atoms. The van der Waals surface area contributed by atoms with E-state index in [1.807, 2.05) is 21.1 Å². The van der Waals surface area contributed by atoms with Gasteiger partial charge in [0, 0.05) is 51.9 Å². The fourth-order valence-electron chi connectivity index (χ4n) is 3.07. The van der Waals surface area contributed by atoms with Gasteiger partial charge in [0.1, 0.15) is 5.76 Å². The van der Waals surface area contributed by atoms with E-state index < -0.39 is 0 Å². The van der Waals surface area contributed by atoms with Crippen molar-refractivity contribution in [3.05, 3.63) is 33.9 Å². The van der Waals surface area contributed by atoms with Crippen LogP contribution in [0.15, 0.2) is 21.5 Å². The highest BCUT2D eigenvalue weighted by Gasteiger charge is 2.29. The fraction of sp³-hybridized carbons (Fsp3) is 0.529. The van der Waals surface area contributed by atoms with Crippen molar-refractivity contribution < 1.29 is 9.32 Å². The molecule has 2 N–H and O–H groups in total. The lowest BCUT2D eigenvalue weighted by atomic mass is 10.2. The van der Waals surface area contributed by atoms with Crippen molar-refractivity contribution in [3.8, 4) is 0 Å². The molecule has 10 nitrogen and oxygen atoms in total. The van der Waals surface area contributed by atoms with E-state index in [4.69, 9.17) is 4.52 Å². The fourth-order valence-corrected chi connectivity index (χ4v) is 3.07. The van der Waals surface area contributed by atoms with Crippen molar-refractivity contribution in [1.82, 2.24) is 24.9 Å². The van der Waals surface area contributed by atoms with Crippen molar-refractivity contribution in [3.63, 3.8) is 0 Å². The van der Waals surface area contributed by atoms with Gasteiger partial charge in [-0.3, -0.25) is 20.0 Å². The lowest BCUT2D eigenvalue weighted by Crippen LogP contribution is -2.38. The highest BCUT2D eigenvalue weighted by molar-refractivity contribution is 5.88. The number of carbonyl (C=O) groups is 1. The number of nitrogens with zero attached hydrogens (tertiary/aromatic N) is 5. The zero-order valence-corrected chi connectivity index (χ0v) is 16.0. The summed E-state index contributed by atoms with van der Waals surface area (Å²) >= 11 is 0. The maximum Gasteiger partial charge on any atom is 0.323 e. The minimum Gasteiger partial charge on any atom is -0.360 e. The molecule has 10 heteroatoms. The maximum atomic E-state index is 12.4. The average molecular weight is 375 g/mol. The van der Waals surface area contributed by atoms with Gasteiger partial charge in [-0.2, -0.15) is 0 Å². The number of H-pyrrole nitrogens is 1. The summed E-state index contributed by atoms with van der Waals surface area (Å²) in [5, 5.41) is 6.52. The molecule has 1 aliphatic rings. The van der Waals surface area contributed by atoms with Crippen LogP contribution in [-0.2, 0) is 6.54 Å². The first kappa shape index (κ1) is 18.9. The summed E-state index contributed by atoms with van der Waals surface area (Å²) in [5.41, 5.74) is 0.526. The Morgan fingerprint density at radius 3 is 2.85 bits per heavy atom. The Kier molecular flexibility index (Phi) is 5.45. The van der Waals surface area contributed by atoms with Gasteiger partial charge in [0.25, 0.3) is 5.56 Å². The summed E-state index contributed by atoms with van der Waals surface area (Å²) in [4.78, 5) is 37.0. The lowest BCUT2D eigenvalue weighted by molar-refractivity contribution is 0.207. The molecule has 1 aliphatic heterocycles. The topological polar surface area (TPSA) is 111 Å². The summed E-state index contributed by atoms with van der Waals surface area (Å²) in [5.74, 6) is 1.59. The molecule has 1 unspecified atom stereocenters. The Morgan fingerprint density at radius 1 is 1.41 bits per heavy atom. The van der Waals surface area contributed by atoms with E-state index in [0.29, 0.717) is 42.9 Å². The molecule has 0 aromatic carbocycles. The highest BCUT2D eigenvalue weighted by atomic mass is 16.5. The van der Waals surface area contributed by atoms with Crippen molar-refractivity contribution in [2.75, 3.05) is 44.4 Å². The number of likely N-dealkylation sites (N-methyl/N-ethyl adjacent to an activating group) is 1. The zero-order chi connectivity index (χ0) is 19.6. The summed E-state index contributed by atoms with van der Waals surface area (Å²) in [6, 6.07) is 3.19. The molecule has 1 saturated heterocycles. The maximum absolute atomic E-state index is 12.4. The molecule has 0 spiro atoms. The third-order valence-corrected chi connectivity index (χ3v) is 4.55. The van der Waals surface area contributed by atoms with Crippen LogP contribution in [0.1, 0.15) is 17.9 Å². The van der Waals surface area contributed by atoms with Crippen LogP contribution in [0.4, 0.5) is 16.6 Å². The summed E-state index contributed by atoms with van der Waals surface area (Å²) in [6.45, 7) is 3.56. The lowest BCUT2D eigenvalue weighted by Gasteiger charge is -2.24.